The van der Waals surface area contributed by atoms with Gasteiger partial charge < -0.3 is 5.11 Å². The minimum atomic E-state index is -0.0510. The van der Waals surface area contributed by atoms with E-state index < -0.39 is 0 Å². The average Bonchev–Trinajstić information content (AvgIpc) is 2.16. The molecule has 3 unspecified atom stereocenters. The predicted molar refractivity (Wildman–Crippen MR) is 61.1 cm³/mol. The van der Waals surface area contributed by atoms with Gasteiger partial charge in [-0.15, -0.1) is 6.58 Å². The molecule has 1 fully saturated rings. The normalized spacial score (nSPS) is 33.3. The van der Waals surface area contributed by atoms with Gasteiger partial charge in [0.15, 0.2) is 0 Å². The minimum Gasteiger partial charge on any atom is -0.393 e. The summed E-state index contributed by atoms with van der Waals surface area (Å²) in [5, 5.41) is 9.86. The van der Waals surface area contributed by atoms with Crippen LogP contribution in [0.4, 0.5) is 0 Å². The van der Waals surface area contributed by atoms with Gasteiger partial charge in [-0.2, -0.15) is 0 Å². The SMILES string of the molecule is C=CCCC1CC(C(C)C)CCC1O. The van der Waals surface area contributed by atoms with Gasteiger partial charge in [-0.05, 0) is 49.9 Å². The first kappa shape index (κ1) is 11.8. The monoisotopic (exact) mass is 196 g/mol. The van der Waals surface area contributed by atoms with Crippen molar-refractivity contribution >= 4 is 0 Å². The maximum Gasteiger partial charge on any atom is 0.0568 e. The van der Waals surface area contributed by atoms with E-state index in [1.54, 1.807) is 0 Å². The summed E-state index contributed by atoms with van der Waals surface area (Å²) < 4.78 is 0. The molecule has 3 atom stereocenters. The summed E-state index contributed by atoms with van der Waals surface area (Å²) in [5.74, 6) is 2.12. The lowest BCUT2D eigenvalue weighted by atomic mass is 9.73. The molecular weight excluding hydrogens is 172 g/mol. The summed E-state index contributed by atoms with van der Waals surface area (Å²) in [6, 6.07) is 0. The topological polar surface area (TPSA) is 20.2 Å². The molecule has 0 spiro atoms. The van der Waals surface area contributed by atoms with Crippen molar-refractivity contribution in [1.29, 1.82) is 0 Å². The molecule has 0 bridgehead atoms. The zero-order chi connectivity index (χ0) is 10.6. The molecule has 1 saturated carbocycles. The lowest BCUT2D eigenvalue weighted by Crippen LogP contribution is -2.31. The molecule has 1 N–H and O–H groups in total. The minimum absolute atomic E-state index is 0.0510. The summed E-state index contributed by atoms with van der Waals surface area (Å²) >= 11 is 0. The third-order valence-corrected chi connectivity index (χ3v) is 3.67. The fourth-order valence-corrected chi connectivity index (χ4v) is 2.53. The van der Waals surface area contributed by atoms with Gasteiger partial charge in [0.2, 0.25) is 0 Å². The maximum absolute atomic E-state index is 9.86. The van der Waals surface area contributed by atoms with E-state index >= 15 is 0 Å². The van der Waals surface area contributed by atoms with Gasteiger partial charge in [-0.3, -0.25) is 0 Å². The molecule has 1 nitrogen and oxygen atoms in total. The molecule has 0 saturated heterocycles. The summed E-state index contributed by atoms with van der Waals surface area (Å²) in [4.78, 5) is 0. The van der Waals surface area contributed by atoms with Gasteiger partial charge in [0.25, 0.3) is 0 Å². The van der Waals surface area contributed by atoms with Crippen molar-refractivity contribution < 1.29 is 5.11 Å². The van der Waals surface area contributed by atoms with Crippen LogP contribution in [-0.4, -0.2) is 11.2 Å². The average molecular weight is 196 g/mol. The Morgan fingerprint density at radius 3 is 2.71 bits per heavy atom. The van der Waals surface area contributed by atoms with Crippen molar-refractivity contribution in [3.63, 3.8) is 0 Å². The zero-order valence-electron chi connectivity index (χ0n) is 9.58. The van der Waals surface area contributed by atoms with Crippen molar-refractivity contribution in [3.8, 4) is 0 Å². The van der Waals surface area contributed by atoms with Crippen LogP contribution in [0.15, 0.2) is 12.7 Å². The molecular formula is C13H24O. The smallest absolute Gasteiger partial charge is 0.0568 e. The maximum atomic E-state index is 9.86. The molecule has 14 heavy (non-hydrogen) atoms. The Balaban J connectivity index is 2.42. The van der Waals surface area contributed by atoms with Gasteiger partial charge >= 0.3 is 0 Å². The van der Waals surface area contributed by atoms with E-state index in [9.17, 15) is 5.11 Å². The van der Waals surface area contributed by atoms with Gasteiger partial charge in [-0.25, -0.2) is 0 Å². The molecule has 1 aliphatic rings. The lowest BCUT2D eigenvalue weighted by Gasteiger charge is -2.35. The first-order chi connectivity index (χ1) is 6.65. The molecule has 0 aromatic heterocycles. The van der Waals surface area contributed by atoms with Gasteiger partial charge in [0, 0.05) is 0 Å². The third kappa shape index (κ3) is 3.13. The van der Waals surface area contributed by atoms with Gasteiger partial charge in [0.1, 0.15) is 0 Å². The Morgan fingerprint density at radius 1 is 1.43 bits per heavy atom. The largest absolute Gasteiger partial charge is 0.393 e. The van der Waals surface area contributed by atoms with E-state index in [0.29, 0.717) is 5.92 Å². The van der Waals surface area contributed by atoms with E-state index in [1.807, 2.05) is 6.08 Å². The van der Waals surface area contributed by atoms with Crippen LogP contribution in [0.25, 0.3) is 0 Å². The van der Waals surface area contributed by atoms with Crippen molar-refractivity contribution in [2.45, 2.75) is 52.1 Å². The van der Waals surface area contributed by atoms with Crippen LogP contribution in [0.2, 0.25) is 0 Å². The number of hydrogen-bond acceptors (Lipinski definition) is 1. The van der Waals surface area contributed by atoms with Crippen LogP contribution in [0, 0.1) is 17.8 Å². The highest BCUT2D eigenvalue weighted by molar-refractivity contribution is 4.82. The van der Waals surface area contributed by atoms with Crippen molar-refractivity contribution in [2.75, 3.05) is 0 Å². The Labute approximate surface area is 88.2 Å². The Morgan fingerprint density at radius 2 is 2.14 bits per heavy atom. The van der Waals surface area contributed by atoms with Crippen LogP contribution in [0.3, 0.4) is 0 Å². The molecule has 1 aliphatic carbocycles. The number of aliphatic hydroxyl groups excluding tert-OH is 1. The van der Waals surface area contributed by atoms with Crippen LogP contribution < -0.4 is 0 Å². The fourth-order valence-electron chi connectivity index (χ4n) is 2.53. The van der Waals surface area contributed by atoms with Crippen molar-refractivity contribution in [3.05, 3.63) is 12.7 Å². The predicted octanol–water partition coefficient (Wildman–Crippen LogP) is 3.39. The second-order valence-electron chi connectivity index (χ2n) is 5.01. The van der Waals surface area contributed by atoms with E-state index in [2.05, 4.69) is 20.4 Å². The van der Waals surface area contributed by atoms with E-state index in [0.717, 1.165) is 31.1 Å². The van der Waals surface area contributed by atoms with E-state index in [-0.39, 0.29) is 6.10 Å². The summed E-state index contributed by atoms with van der Waals surface area (Å²) in [6.07, 6.45) is 7.51. The first-order valence-electron chi connectivity index (χ1n) is 5.94. The van der Waals surface area contributed by atoms with E-state index in [4.69, 9.17) is 0 Å². The van der Waals surface area contributed by atoms with Crippen molar-refractivity contribution in [1.82, 2.24) is 0 Å². The molecule has 0 aliphatic heterocycles. The number of hydrogen-bond donors (Lipinski definition) is 1. The molecule has 0 radical (unpaired) electrons. The summed E-state index contributed by atoms with van der Waals surface area (Å²) in [5.41, 5.74) is 0. The molecule has 0 aromatic carbocycles. The quantitative estimate of drug-likeness (QED) is 0.683. The fraction of sp³-hybridized carbons (Fsp3) is 0.846. The standard InChI is InChI=1S/C13H24O/c1-4-5-6-12-9-11(10(2)3)7-8-13(12)14/h4,10-14H,1,5-9H2,2-3H3. The Bertz CT molecular complexity index is 174. The summed E-state index contributed by atoms with van der Waals surface area (Å²) in [7, 11) is 0. The van der Waals surface area contributed by atoms with Crippen LogP contribution >= 0.6 is 0 Å². The molecule has 0 amide bonds. The second kappa shape index (κ2) is 5.55. The van der Waals surface area contributed by atoms with Crippen LogP contribution in [0.1, 0.15) is 46.0 Å². The zero-order valence-corrected chi connectivity index (χ0v) is 9.58. The Hall–Kier alpha value is -0.300. The highest BCUT2D eigenvalue weighted by Gasteiger charge is 2.29. The molecule has 1 heteroatoms. The van der Waals surface area contributed by atoms with Crippen LogP contribution in [-0.2, 0) is 0 Å². The Kier molecular flexibility index (Phi) is 4.67. The number of rotatable bonds is 4. The molecule has 0 aromatic rings. The van der Waals surface area contributed by atoms with Crippen LogP contribution in [0.5, 0.6) is 0 Å². The van der Waals surface area contributed by atoms with Gasteiger partial charge in [0.05, 0.1) is 6.10 Å². The third-order valence-electron chi connectivity index (χ3n) is 3.67. The van der Waals surface area contributed by atoms with Gasteiger partial charge in [-0.1, -0.05) is 19.9 Å². The molecule has 1 rings (SSSR count). The number of aliphatic hydroxyl groups is 1. The highest BCUT2D eigenvalue weighted by atomic mass is 16.3. The summed E-state index contributed by atoms with van der Waals surface area (Å²) in [6.45, 7) is 8.34. The molecule has 82 valence electrons. The molecule has 0 heterocycles. The second-order valence-corrected chi connectivity index (χ2v) is 5.01. The lowest BCUT2D eigenvalue weighted by molar-refractivity contribution is 0.0341. The van der Waals surface area contributed by atoms with Crippen molar-refractivity contribution in [2.24, 2.45) is 17.8 Å². The number of allylic oxidation sites excluding steroid dienone is 1. The van der Waals surface area contributed by atoms with E-state index in [1.165, 1.54) is 12.8 Å². The highest BCUT2D eigenvalue weighted by Crippen LogP contribution is 2.35. The first-order valence-corrected chi connectivity index (χ1v) is 5.94.